The maximum atomic E-state index is 10.8. The monoisotopic (exact) mass is 304 g/mol. The maximum Gasteiger partial charge on any atom is 0.308 e. The molecule has 7 heteroatoms. The number of hydrogen-bond donors (Lipinski definition) is 1. The van der Waals surface area contributed by atoms with Gasteiger partial charge in [0.25, 0.3) is 0 Å². The minimum Gasteiger partial charge on any atom is -0.427 e. The van der Waals surface area contributed by atoms with E-state index in [4.69, 9.17) is 17.0 Å². The molecule has 6 nitrogen and oxygen atoms in total. The van der Waals surface area contributed by atoms with E-state index in [2.05, 4.69) is 15.3 Å². The van der Waals surface area contributed by atoms with Crippen molar-refractivity contribution in [2.45, 2.75) is 26.7 Å². The van der Waals surface area contributed by atoms with E-state index in [-0.39, 0.29) is 11.9 Å². The van der Waals surface area contributed by atoms with E-state index in [0.29, 0.717) is 10.5 Å². The van der Waals surface area contributed by atoms with E-state index >= 15 is 0 Å². The molecule has 110 valence electrons. The predicted molar refractivity (Wildman–Crippen MR) is 82.2 cm³/mol. The van der Waals surface area contributed by atoms with Gasteiger partial charge in [-0.1, -0.05) is 13.8 Å². The Morgan fingerprint density at radius 3 is 2.67 bits per heavy atom. The van der Waals surface area contributed by atoms with E-state index in [1.54, 1.807) is 35.2 Å². The van der Waals surface area contributed by atoms with Crippen LogP contribution < -0.4 is 4.74 Å². The fraction of sp³-hybridized carbons (Fsp3) is 0.286. The Balaban J connectivity index is 2.20. The molecule has 2 aromatic rings. The van der Waals surface area contributed by atoms with Crippen molar-refractivity contribution < 1.29 is 9.53 Å². The van der Waals surface area contributed by atoms with Crippen LogP contribution in [-0.2, 0) is 4.79 Å². The van der Waals surface area contributed by atoms with Gasteiger partial charge in [-0.3, -0.25) is 9.89 Å². The summed E-state index contributed by atoms with van der Waals surface area (Å²) >= 11 is 5.15. The lowest BCUT2D eigenvalue weighted by Crippen LogP contribution is -2.02. The second kappa shape index (κ2) is 6.45. The zero-order valence-corrected chi connectivity index (χ0v) is 12.8. The fourth-order valence-corrected chi connectivity index (χ4v) is 1.89. The van der Waals surface area contributed by atoms with E-state index in [1.165, 1.54) is 6.92 Å². The Morgan fingerprint density at radius 1 is 1.43 bits per heavy atom. The minimum atomic E-state index is -0.345. The number of benzene rings is 1. The first-order valence-electron chi connectivity index (χ1n) is 6.47. The van der Waals surface area contributed by atoms with Gasteiger partial charge in [-0.2, -0.15) is 14.9 Å². The third-order valence-corrected chi connectivity index (χ3v) is 2.92. The van der Waals surface area contributed by atoms with Crippen molar-refractivity contribution in [1.29, 1.82) is 0 Å². The van der Waals surface area contributed by atoms with Crippen LogP contribution in [0.25, 0.3) is 0 Å². The smallest absolute Gasteiger partial charge is 0.308 e. The first-order valence-corrected chi connectivity index (χ1v) is 6.88. The number of ether oxygens (including phenoxy) is 1. The highest BCUT2D eigenvalue weighted by Crippen LogP contribution is 2.13. The number of hydrogen-bond acceptors (Lipinski definition) is 5. The molecule has 1 aromatic carbocycles. The molecular weight excluding hydrogens is 288 g/mol. The highest BCUT2D eigenvalue weighted by molar-refractivity contribution is 7.71. The molecular formula is C14H16N4O2S. The summed E-state index contributed by atoms with van der Waals surface area (Å²) < 4.78 is 7.02. The Hall–Kier alpha value is -2.28. The molecule has 0 aliphatic carbocycles. The van der Waals surface area contributed by atoms with Gasteiger partial charge in [-0.25, -0.2) is 0 Å². The Morgan fingerprint density at radius 2 is 2.10 bits per heavy atom. The highest BCUT2D eigenvalue weighted by atomic mass is 32.1. The third kappa shape index (κ3) is 3.85. The summed E-state index contributed by atoms with van der Waals surface area (Å²) in [4.78, 5) is 10.8. The van der Waals surface area contributed by atoms with Crippen LogP contribution in [0.4, 0.5) is 0 Å². The summed E-state index contributed by atoms with van der Waals surface area (Å²) in [6.45, 7) is 5.40. The summed E-state index contributed by atoms with van der Waals surface area (Å²) in [5, 5.41) is 11.2. The highest BCUT2D eigenvalue weighted by Gasteiger charge is 2.08. The molecule has 1 heterocycles. The van der Waals surface area contributed by atoms with Crippen LogP contribution in [0.3, 0.4) is 0 Å². The van der Waals surface area contributed by atoms with Gasteiger partial charge >= 0.3 is 5.97 Å². The van der Waals surface area contributed by atoms with Crippen molar-refractivity contribution >= 4 is 24.4 Å². The molecule has 0 aliphatic heterocycles. The van der Waals surface area contributed by atoms with Gasteiger partial charge < -0.3 is 4.74 Å². The van der Waals surface area contributed by atoms with Crippen LogP contribution in [0.1, 0.15) is 38.1 Å². The molecule has 0 unspecified atom stereocenters. The number of nitrogens with zero attached hydrogens (tertiary/aromatic N) is 3. The van der Waals surface area contributed by atoms with Gasteiger partial charge in [0.2, 0.25) is 4.77 Å². The van der Waals surface area contributed by atoms with E-state index < -0.39 is 0 Å². The molecule has 0 fully saturated rings. The zero-order valence-electron chi connectivity index (χ0n) is 12.0. The minimum absolute atomic E-state index is 0.210. The number of rotatable bonds is 4. The van der Waals surface area contributed by atoms with E-state index in [0.717, 1.165) is 11.4 Å². The van der Waals surface area contributed by atoms with Crippen LogP contribution >= 0.6 is 12.2 Å². The fourth-order valence-electron chi connectivity index (χ4n) is 1.70. The largest absolute Gasteiger partial charge is 0.427 e. The lowest BCUT2D eigenvalue weighted by molar-refractivity contribution is -0.131. The first-order chi connectivity index (χ1) is 9.97. The van der Waals surface area contributed by atoms with E-state index in [9.17, 15) is 4.79 Å². The predicted octanol–water partition coefficient (Wildman–Crippen LogP) is 2.87. The molecule has 1 N–H and O–H groups in total. The maximum absolute atomic E-state index is 10.8. The molecule has 0 saturated heterocycles. The van der Waals surface area contributed by atoms with Gasteiger partial charge in [0.15, 0.2) is 5.82 Å². The summed E-state index contributed by atoms with van der Waals surface area (Å²) in [6, 6.07) is 7.03. The number of nitrogens with one attached hydrogen (secondary N) is 1. The molecule has 0 atom stereocenters. The van der Waals surface area contributed by atoms with Gasteiger partial charge in [0.1, 0.15) is 5.75 Å². The normalized spacial score (nSPS) is 11.2. The van der Waals surface area contributed by atoms with Crippen molar-refractivity contribution in [3.63, 3.8) is 0 Å². The van der Waals surface area contributed by atoms with Crippen molar-refractivity contribution in [1.82, 2.24) is 14.9 Å². The summed E-state index contributed by atoms with van der Waals surface area (Å²) in [7, 11) is 0. The molecule has 2 rings (SSSR count). The number of aromatic amines is 1. The topological polar surface area (TPSA) is 72.3 Å². The van der Waals surface area contributed by atoms with E-state index in [1.807, 2.05) is 13.8 Å². The zero-order chi connectivity index (χ0) is 15.4. The molecule has 21 heavy (non-hydrogen) atoms. The SMILES string of the molecule is CC(=O)Oc1ccc(/C=N\n2c(C(C)C)n[nH]c2=S)cc1. The second-order valence-electron chi connectivity index (χ2n) is 4.76. The Bertz CT molecular complexity index is 713. The number of esters is 1. The van der Waals surface area contributed by atoms with Crippen molar-refractivity contribution in [3.8, 4) is 5.75 Å². The first kappa shape index (κ1) is 15.1. The lowest BCUT2D eigenvalue weighted by Gasteiger charge is -2.03. The van der Waals surface area contributed by atoms with Crippen molar-refractivity contribution in [2.24, 2.45) is 5.10 Å². The number of carbonyl (C=O) groups excluding carboxylic acids is 1. The lowest BCUT2D eigenvalue weighted by atomic mass is 10.2. The molecule has 0 amide bonds. The Labute approximate surface area is 127 Å². The summed E-state index contributed by atoms with van der Waals surface area (Å²) in [6.07, 6.45) is 1.68. The summed E-state index contributed by atoms with van der Waals surface area (Å²) in [5.74, 6) is 1.14. The summed E-state index contributed by atoms with van der Waals surface area (Å²) in [5.41, 5.74) is 0.865. The van der Waals surface area contributed by atoms with Crippen LogP contribution in [0.5, 0.6) is 5.75 Å². The van der Waals surface area contributed by atoms with Gasteiger partial charge in [0.05, 0.1) is 6.21 Å². The molecule has 0 aliphatic rings. The van der Waals surface area contributed by atoms with Gasteiger partial charge in [-0.15, -0.1) is 0 Å². The number of carbonyl (C=O) groups is 1. The second-order valence-corrected chi connectivity index (χ2v) is 5.15. The third-order valence-electron chi connectivity index (χ3n) is 2.66. The molecule has 0 radical (unpaired) electrons. The van der Waals surface area contributed by atoms with Crippen LogP contribution in [-0.4, -0.2) is 27.1 Å². The van der Waals surface area contributed by atoms with Crippen molar-refractivity contribution in [2.75, 3.05) is 0 Å². The van der Waals surface area contributed by atoms with Crippen LogP contribution in [0.15, 0.2) is 29.4 Å². The standard InChI is InChI=1S/C14H16N4O2S/c1-9(2)13-16-17-14(21)18(13)15-8-11-4-6-12(7-5-11)20-10(3)19/h4-9H,1-3H3,(H,17,21)/b15-8-. The molecule has 0 saturated carbocycles. The van der Waals surface area contributed by atoms with Gasteiger partial charge in [0, 0.05) is 12.8 Å². The number of aromatic nitrogens is 3. The quantitative estimate of drug-likeness (QED) is 0.408. The number of H-pyrrole nitrogens is 1. The van der Waals surface area contributed by atoms with Crippen LogP contribution in [0.2, 0.25) is 0 Å². The average molecular weight is 304 g/mol. The Kier molecular flexibility index (Phi) is 4.64. The molecule has 0 bridgehead atoms. The van der Waals surface area contributed by atoms with Gasteiger partial charge in [-0.05, 0) is 42.0 Å². The average Bonchev–Trinajstić information content (AvgIpc) is 2.79. The van der Waals surface area contributed by atoms with Crippen molar-refractivity contribution in [3.05, 3.63) is 40.4 Å². The van der Waals surface area contributed by atoms with Crippen LogP contribution in [0, 0.1) is 4.77 Å². The molecule has 1 aromatic heterocycles. The molecule has 0 spiro atoms.